The van der Waals surface area contributed by atoms with Gasteiger partial charge in [-0.3, -0.25) is 20.2 Å². The summed E-state index contributed by atoms with van der Waals surface area (Å²) in [5, 5.41) is 4.70. The van der Waals surface area contributed by atoms with Crippen molar-refractivity contribution in [1.29, 1.82) is 0 Å². The van der Waals surface area contributed by atoms with Gasteiger partial charge < -0.3 is 9.47 Å². The normalized spacial score (nSPS) is 13.7. The minimum absolute atomic E-state index is 0.0121. The van der Waals surface area contributed by atoms with Gasteiger partial charge in [-0.1, -0.05) is 34.1 Å². The molecule has 2 amide bonds. The van der Waals surface area contributed by atoms with Crippen LogP contribution in [0.5, 0.6) is 11.5 Å². The molecular formula is C19H14BrFN2O4S. The Labute approximate surface area is 173 Å². The van der Waals surface area contributed by atoms with Crippen LogP contribution < -0.4 is 20.1 Å². The van der Waals surface area contributed by atoms with E-state index in [9.17, 15) is 14.0 Å². The molecule has 144 valence electrons. The van der Waals surface area contributed by atoms with Crippen LogP contribution in [0.2, 0.25) is 0 Å². The first kappa shape index (κ1) is 20.0. The van der Waals surface area contributed by atoms with Crippen molar-refractivity contribution in [3.8, 4) is 11.5 Å². The van der Waals surface area contributed by atoms with Gasteiger partial charge >= 0.3 is 0 Å². The SMILES string of the molecule is COc1cc(C=C2C(=O)NC(=S)NC2=O)c(Br)cc1OCc1ccccc1F. The number of thiocarbonyl (C=S) groups is 1. The van der Waals surface area contributed by atoms with E-state index in [0.717, 1.165) is 0 Å². The highest BCUT2D eigenvalue weighted by Gasteiger charge is 2.26. The minimum Gasteiger partial charge on any atom is -0.493 e. The van der Waals surface area contributed by atoms with Gasteiger partial charge in [-0.25, -0.2) is 4.39 Å². The Bertz CT molecular complexity index is 987. The molecule has 0 bridgehead atoms. The number of hydrogen-bond acceptors (Lipinski definition) is 5. The van der Waals surface area contributed by atoms with Crippen molar-refractivity contribution >= 4 is 51.2 Å². The summed E-state index contributed by atoms with van der Waals surface area (Å²) in [6.07, 6.45) is 1.40. The van der Waals surface area contributed by atoms with Gasteiger partial charge in [-0.2, -0.15) is 0 Å². The predicted molar refractivity (Wildman–Crippen MR) is 108 cm³/mol. The smallest absolute Gasteiger partial charge is 0.263 e. The number of benzene rings is 2. The molecule has 1 aliphatic heterocycles. The first-order chi connectivity index (χ1) is 13.4. The number of amides is 2. The average molecular weight is 465 g/mol. The maximum atomic E-state index is 13.8. The fraction of sp³-hybridized carbons (Fsp3) is 0.105. The van der Waals surface area contributed by atoms with Crippen LogP contribution in [0, 0.1) is 5.82 Å². The predicted octanol–water partition coefficient (Wildman–Crippen LogP) is 3.09. The van der Waals surface area contributed by atoms with Crippen LogP contribution in [0.1, 0.15) is 11.1 Å². The minimum atomic E-state index is -0.598. The van der Waals surface area contributed by atoms with E-state index in [1.807, 2.05) is 0 Å². The molecule has 1 fully saturated rings. The van der Waals surface area contributed by atoms with E-state index in [1.54, 1.807) is 30.3 Å². The van der Waals surface area contributed by atoms with E-state index < -0.39 is 11.8 Å². The largest absolute Gasteiger partial charge is 0.493 e. The van der Waals surface area contributed by atoms with Crippen LogP contribution in [-0.4, -0.2) is 24.0 Å². The second-order valence-corrected chi connectivity index (χ2v) is 6.96. The van der Waals surface area contributed by atoms with E-state index in [0.29, 0.717) is 27.1 Å². The first-order valence-corrected chi connectivity index (χ1v) is 9.21. The lowest BCUT2D eigenvalue weighted by Crippen LogP contribution is -2.51. The van der Waals surface area contributed by atoms with Crippen molar-refractivity contribution in [3.05, 3.63) is 63.4 Å². The molecule has 0 spiro atoms. The van der Waals surface area contributed by atoms with Crippen LogP contribution in [0.4, 0.5) is 4.39 Å². The summed E-state index contributed by atoms with van der Waals surface area (Å²) in [4.78, 5) is 24.0. The molecule has 0 atom stereocenters. The highest BCUT2D eigenvalue weighted by atomic mass is 79.9. The summed E-state index contributed by atoms with van der Waals surface area (Å²) in [6.45, 7) is 0.0121. The molecule has 2 aromatic carbocycles. The number of carbonyl (C=O) groups is 2. The lowest BCUT2D eigenvalue weighted by molar-refractivity contribution is -0.123. The van der Waals surface area contributed by atoms with E-state index in [-0.39, 0.29) is 23.1 Å². The molecule has 0 aromatic heterocycles. The van der Waals surface area contributed by atoms with E-state index in [1.165, 1.54) is 19.3 Å². The monoisotopic (exact) mass is 464 g/mol. The molecule has 2 aromatic rings. The summed E-state index contributed by atoms with van der Waals surface area (Å²) in [5.74, 6) is -0.829. The molecular weight excluding hydrogens is 451 g/mol. The zero-order valence-corrected chi connectivity index (χ0v) is 16.9. The molecule has 2 N–H and O–H groups in total. The molecule has 0 saturated carbocycles. The summed E-state index contributed by atoms with van der Waals surface area (Å²) in [6, 6.07) is 9.52. The lowest BCUT2D eigenvalue weighted by atomic mass is 10.1. The summed E-state index contributed by atoms with van der Waals surface area (Å²) in [5.41, 5.74) is 0.818. The van der Waals surface area contributed by atoms with Crippen molar-refractivity contribution in [2.24, 2.45) is 0 Å². The molecule has 9 heteroatoms. The fourth-order valence-corrected chi connectivity index (χ4v) is 3.09. The van der Waals surface area contributed by atoms with Crippen molar-refractivity contribution in [1.82, 2.24) is 10.6 Å². The molecule has 0 aliphatic carbocycles. The third-order valence-corrected chi connectivity index (χ3v) is 4.76. The maximum absolute atomic E-state index is 13.8. The molecule has 3 rings (SSSR count). The molecule has 28 heavy (non-hydrogen) atoms. The Morgan fingerprint density at radius 3 is 2.46 bits per heavy atom. The fourth-order valence-electron chi connectivity index (χ4n) is 2.47. The Morgan fingerprint density at radius 1 is 1.14 bits per heavy atom. The summed E-state index contributed by atoms with van der Waals surface area (Å²) < 4.78 is 25.3. The summed E-state index contributed by atoms with van der Waals surface area (Å²) >= 11 is 8.16. The van der Waals surface area contributed by atoms with Crippen LogP contribution in [0.3, 0.4) is 0 Å². The van der Waals surface area contributed by atoms with Gasteiger partial charge in [-0.05, 0) is 42.1 Å². The number of carbonyl (C=O) groups excluding carboxylic acids is 2. The van der Waals surface area contributed by atoms with Gasteiger partial charge in [0.15, 0.2) is 16.6 Å². The molecule has 1 heterocycles. The lowest BCUT2D eigenvalue weighted by Gasteiger charge is -2.17. The van der Waals surface area contributed by atoms with E-state index in [2.05, 4.69) is 26.6 Å². The first-order valence-electron chi connectivity index (χ1n) is 8.01. The maximum Gasteiger partial charge on any atom is 0.263 e. The number of ether oxygens (including phenoxy) is 2. The van der Waals surface area contributed by atoms with Crippen molar-refractivity contribution < 1.29 is 23.5 Å². The van der Waals surface area contributed by atoms with Crippen LogP contribution in [-0.2, 0) is 16.2 Å². The Hall–Kier alpha value is -2.78. The van der Waals surface area contributed by atoms with Gasteiger partial charge in [-0.15, -0.1) is 0 Å². The second-order valence-electron chi connectivity index (χ2n) is 5.70. The average Bonchev–Trinajstić information content (AvgIpc) is 2.65. The van der Waals surface area contributed by atoms with E-state index in [4.69, 9.17) is 21.7 Å². The third-order valence-electron chi connectivity index (χ3n) is 3.87. The number of halogens is 2. The number of hydrogen-bond donors (Lipinski definition) is 2. The molecule has 1 aliphatic rings. The highest BCUT2D eigenvalue weighted by Crippen LogP contribution is 2.35. The van der Waals surface area contributed by atoms with Crippen molar-refractivity contribution in [2.75, 3.05) is 7.11 Å². The van der Waals surface area contributed by atoms with Crippen molar-refractivity contribution in [2.45, 2.75) is 6.61 Å². The second kappa shape index (κ2) is 8.49. The highest BCUT2D eigenvalue weighted by molar-refractivity contribution is 9.10. The number of rotatable bonds is 5. The van der Waals surface area contributed by atoms with Crippen molar-refractivity contribution in [3.63, 3.8) is 0 Å². The molecule has 6 nitrogen and oxygen atoms in total. The van der Waals surface area contributed by atoms with Crippen LogP contribution in [0.15, 0.2) is 46.4 Å². The number of nitrogens with one attached hydrogen (secondary N) is 2. The Kier molecular flexibility index (Phi) is 6.05. The van der Waals surface area contributed by atoms with Gasteiger partial charge in [0.25, 0.3) is 11.8 Å². The Morgan fingerprint density at radius 2 is 1.82 bits per heavy atom. The van der Waals surface area contributed by atoms with Gasteiger partial charge in [0, 0.05) is 10.0 Å². The number of methoxy groups -OCH3 is 1. The zero-order valence-electron chi connectivity index (χ0n) is 14.5. The standard InChI is InChI=1S/C19H14BrFN2O4S/c1-26-15-7-11(6-12-17(24)22-19(28)23-18(12)25)13(20)8-16(15)27-9-10-4-2-3-5-14(10)21/h2-8H,9H2,1H3,(H2,22,23,24,25,28). The van der Waals surface area contributed by atoms with Crippen LogP contribution >= 0.6 is 28.1 Å². The third kappa shape index (κ3) is 4.37. The molecule has 0 radical (unpaired) electrons. The molecule has 0 unspecified atom stereocenters. The zero-order chi connectivity index (χ0) is 20.3. The Balaban J connectivity index is 1.88. The van der Waals surface area contributed by atoms with Gasteiger partial charge in [0.1, 0.15) is 18.0 Å². The van der Waals surface area contributed by atoms with Gasteiger partial charge in [0.05, 0.1) is 7.11 Å². The summed E-state index contributed by atoms with van der Waals surface area (Å²) in [7, 11) is 1.45. The van der Waals surface area contributed by atoms with Gasteiger partial charge in [0.2, 0.25) is 0 Å². The van der Waals surface area contributed by atoms with Crippen LogP contribution in [0.25, 0.3) is 6.08 Å². The molecule has 1 saturated heterocycles. The topological polar surface area (TPSA) is 76.7 Å². The quantitative estimate of drug-likeness (QED) is 0.403. The van der Waals surface area contributed by atoms with E-state index >= 15 is 0 Å².